The summed E-state index contributed by atoms with van der Waals surface area (Å²) in [5.41, 5.74) is 5.58. The predicted octanol–water partition coefficient (Wildman–Crippen LogP) is 2.30. The summed E-state index contributed by atoms with van der Waals surface area (Å²) < 4.78 is 31.0. The maximum absolute atomic E-state index is 13.4. The zero-order valence-electron chi connectivity index (χ0n) is 10.1. The number of nitrogens with two attached hydrogens (primary N) is 1. The summed E-state index contributed by atoms with van der Waals surface area (Å²) >= 11 is 0. The van der Waals surface area contributed by atoms with Crippen LogP contribution in [0.15, 0.2) is 12.1 Å². The third-order valence-electron chi connectivity index (χ3n) is 2.29. The topological polar surface area (TPSA) is 64.3 Å². The number of esters is 1. The zero-order chi connectivity index (χ0) is 13.5. The number of benzene rings is 1. The molecule has 1 aromatic rings. The first-order valence-corrected chi connectivity index (χ1v) is 5.69. The van der Waals surface area contributed by atoms with Gasteiger partial charge in [0, 0.05) is 13.0 Å². The van der Waals surface area contributed by atoms with Gasteiger partial charge in [0.2, 0.25) is 0 Å². The number of rotatable bonds is 6. The Balaban J connectivity index is 2.45. The van der Waals surface area contributed by atoms with Gasteiger partial charge in [-0.2, -0.15) is 0 Å². The van der Waals surface area contributed by atoms with Gasteiger partial charge >= 0.3 is 5.97 Å². The van der Waals surface area contributed by atoms with Crippen LogP contribution in [0.25, 0.3) is 0 Å². The van der Waals surface area contributed by atoms with Crippen molar-refractivity contribution in [2.75, 3.05) is 24.2 Å². The Morgan fingerprint density at radius 3 is 2.83 bits per heavy atom. The number of carbonyl (C=O) groups excluding carboxylic acids is 1. The number of carbonyl (C=O) groups is 1. The lowest BCUT2D eigenvalue weighted by Gasteiger charge is -2.10. The number of halogens is 2. The molecule has 0 radical (unpaired) electrons. The van der Waals surface area contributed by atoms with Crippen molar-refractivity contribution in [3.8, 4) is 0 Å². The summed E-state index contributed by atoms with van der Waals surface area (Å²) in [6.07, 6.45) is 0.673. The molecule has 0 aliphatic rings. The lowest BCUT2D eigenvalue weighted by Crippen LogP contribution is -2.10. The van der Waals surface area contributed by atoms with E-state index in [4.69, 9.17) is 10.5 Å². The van der Waals surface area contributed by atoms with Crippen LogP contribution >= 0.6 is 0 Å². The summed E-state index contributed by atoms with van der Waals surface area (Å²) in [5, 5.41) is 2.67. The fourth-order valence-corrected chi connectivity index (χ4v) is 1.42. The van der Waals surface area contributed by atoms with Crippen LogP contribution < -0.4 is 11.1 Å². The summed E-state index contributed by atoms with van der Waals surface area (Å²) in [4.78, 5) is 11.0. The minimum absolute atomic E-state index is 0.0705. The molecule has 1 aromatic carbocycles. The van der Waals surface area contributed by atoms with Crippen molar-refractivity contribution < 1.29 is 18.3 Å². The van der Waals surface area contributed by atoms with E-state index in [-0.39, 0.29) is 23.8 Å². The second kappa shape index (κ2) is 6.78. The molecule has 18 heavy (non-hydrogen) atoms. The molecule has 4 nitrogen and oxygen atoms in total. The molecule has 0 heterocycles. The van der Waals surface area contributed by atoms with Gasteiger partial charge in [-0.3, -0.25) is 4.79 Å². The number of ether oxygens (including phenoxy) is 1. The normalized spacial score (nSPS) is 10.2. The van der Waals surface area contributed by atoms with Crippen LogP contribution in [0.2, 0.25) is 0 Å². The van der Waals surface area contributed by atoms with Crippen molar-refractivity contribution in [3.63, 3.8) is 0 Å². The Morgan fingerprint density at radius 1 is 1.44 bits per heavy atom. The average molecular weight is 258 g/mol. The van der Waals surface area contributed by atoms with Crippen molar-refractivity contribution in [1.82, 2.24) is 0 Å². The van der Waals surface area contributed by atoms with Crippen molar-refractivity contribution in [3.05, 3.63) is 23.8 Å². The maximum Gasteiger partial charge on any atom is 0.305 e. The molecule has 0 saturated carbocycles. The Labute approximate surface area is 104 Å². The highest BCUT2D eigenvalue weighted by atomic mass is 19.2. The van der Waals surface area contributed by atoms with Crippen molar-refractivity contribution >= 4 is 17.3 Å². The van der Waals surface area contributed by atoms with Crippen molar-refractivity contribution in [2.24, 2.45) is 0 Å². The van der Waals surface area contributed by atoms with E-state index in [2.05, 4.69) is 5.32 Å². The Morgan fingerprint density at radius 2 is 2.17 bits per heavy atom. The second-order valence-corrected chi connectivity index (χ2v) is 3.66. The lowest BCUT2D eigenvalue weighted by atomic mass is 10.2. The van der Waals surface area contributed by atoms with E-state index in [1.807, 2.05) is 0 Å². The lowest BCUT2D eigenvalue weighted by molar-refractivity contribution is -0.143. The number of nitrogen functional groups attached to an aromatic ring is 1. The first kappa shape index (κ1) is 14.2. The highest BCUT2D eigenvalue weighted by molar-refractivity contribution is 5.69. The minimum Gasteiger partial charge on any atom is -0.466 e. The number of anilines is 2. The molecule has 0 fully saturated rings. The summed E-state index contributed by atoms with van der Waals surface area (Å²) in [6.45, 7) is 2.36. The molecule has 0 amide bonds. The van der Waals surface area contributed by atoms with Crippen LogP contribution in [0.4, 0.5) is 20.2 Å². The summed E-state index contributed by atoms with van der Waals surface area (Å²) in [5.74, 6) is -2.28. The van der Waals surface area contributed by atoms with Crippen LogP contribution in [-0.2, 0) is 9.53 Å². The van der Waals surface area contributed by atoms with Crippen LogP contribution in [-0.4, -0.2) is 19.1 Å². The Bertz CT molecular complexity index is 425. The third kappa shape index (κ3) is 3.87. The standard InChI is InChI=1S/C12H16F2N2O2/c1-2-18-10(17)4-3-7-16-12-9(15)6-5-8(13)11(12)14/h5-6,16H,2-4,7,15H2,1H3. The van der Waals surface area contributed by atoms with Gasteiger partial charge in [-0.05, 0) is 25.5 Å². The van der Waals surface area contributed by atoms with Crippen molar-refractivity contribution in [2.45, 2.75) is 19.8 Å². The third-order valence-corrected chi connectivity index (χ3v) is 2.29. The Kier molecular flexibility index (Phi) is 5.35. The molecule has 0 aliphatic carbocycles. The summed E-state index contributed by atoms with van der Waals surface area (Å²) in [6, 6.07) is 2.25. The van der Waals surface area contributed by atoms with Gasteiger partial charge in [0.25, 0.3) is 0 Å². The summed E-state index contributed by atoms with van der Waals surface area (Å²) in [7, 11) is 0. The fraction of sp³-hybridized carbons (Fsp3) is 0.417. The highest BCUT2D eigenvalue weighted by Gasteiger charge is 2.11. The van der Waals surface area contributed by atoms with Gasteiger partial charge in [0.1, 0.15) is 0 Å². The molecule has 0 spiro atoms. The van der Waals surface area contributed by atoms with E-state index in [0.717, 1.165) is 6.07 Å². The fourth-order valence-electron chi connectivity index (χ4n) is 1.42. The van der Waals surface area contributed by atoms with Gasteiger partial charge < -0.3 is 15.8 Å². The van der Waals surface area contributed by atoms with Gasteiger partial charge in [0.15, 0.2) is 11.6 Å². The SMILES string of the molecule is CCOC(=O)CCCNc1c(N)ccc(F)c1F. The van der Waals surface area contributed by atoms with Gasteiger partial charge in [-0.15, -0.1) is 0 Å². The molecule has 3 N–H and O–H groups in total. The average Bonchev–Trinajstić information content (AvgIpc) is 2.33. The van der Waals surface area contributed by atoms with Crippen LogP contribution in [0.1, 0.15) is 19.8 Å². The number of nitrogens with one attached hydrogen (secondary N) is 1. The molecule has 0 atom stereocenters. The van der Waals surface area contributed by atoms with E-state index in [1.54, 1.807) is 6.92 Å². The quantitative estimate of drug-likeness (QED) is 0.467. The molecule has 6 heteroatoms. The van der Waals surface area contributed by atoms with Crippen LogP contribution in [0, 0.1) is 11.6 Å². The molecule has 0 saturated heterocycles. The maximum atomic E-state index is 13.4. The first-order valence-electron chi connectivity index (χ1n) is 5.69. The van der Waals surface area contributed by atoms with E-state index >= 15 is 0 Å². The largest absolute Gasteiger partial charge is 0.466 e. The molecule has 0 bridgehead atoms. The molecule has 1 rings (SSSR count). The highest BCUT2D eigenvalue weighted by Crippen LogP contribution is 2.24. The van der Waals surface area contributed by atoms with E-state index in [1.165, 1.54) is 6.07 Å². The predicted molar refractivity (Wildman–Crippen MR) is 65.1 cm³/mol. The smallest absolute Gasteiger partial charge is 0.305 e. The number of hydrogen-bond acceptors (Lipinski definition) is 4. The first-order chi connectivity index (χ1) is 8.56. The molecule has 0 aromatic heterocycles. The Hall–Kier alpha value is -1.85. The van der Waals surface area contributed by atoms with Gasteiger partial charge in [0.05, 0.1) is 18.0 Å². The van der Waals surface area contributed by atoms with E-state index < -0.39 is 11.6 Å². The molecule has 0 aliphatic heterocycles. The molecule has 0 unspecified atom stereocenters. The van der Waals surface area contributed by atoms with Gasteiger partial charge in [-0.1, -0.05) is 0 Å². The van der Waals surface area contributed by atoms with Gasteiger partial charge in [-0.25, -0.2) is 8.78 Å². The number of hydrogen-bond donors (Lipinski definition) is 2. The molecular formula is C12H16F2N2O2. The second-order valence-electron chi connectivity index (χ2n) is 3.66. The minimum atomic E-state index is -1.01. The van der Waals surface area contributed by atoms with Crippen molar-refractivity contribution in [1.29, 1.82) is 0 Å². The van der Waals surface area contributed by atoms with Crippen LogP contribution in [0.3, 0.4) is 0 Å². The van der Waals surface area contributed by atoms with E-state index in [9.17, 15) is 13.6 Å². The van der Waals surface area contributed by atoms with Crippen LogP contribution in [0.5, 0.6) is 0 Å². The monoisotopic (exact) mass is 258 g/mol. The molecular weight excluding hydrogens is 242 g/mol. The molecule has 100 valence electrons. The zero-order valence-corrected chi connectivity index (χ0v) is 10.1. The van der Waals surface area contributed by atoms with E-state index in [0.29, 0.717) is 19.6 Å².